The maximum Gasteiger partial charge on any atom is 0.0631 e. The number of rotatable bonds is 3. The Labute approximate surface area is 104 Å². The molecule has 0 amide bonds. The summed E-state index contributed by atoms with van der Waals surface area (Å²) < 4.78 is 5.51. The average molecular weight is 234 g/mol. The molecule has 0 spiro atoms. The summed E-state index contributed by atoms with van der Waals surface area (Å²) in [4.78, 5) is 0. The minimum atomic E-state index is -0.276. The molecule has 0 saturated carbocycles. The van der Waals surface area contributed by atoms with Crippen LogP contribution in [-0.4, -0.2) is 23.9 Å². The minimum absolute atomic E-state index is 0.276. The van der Waals surface area contributed by atoms with Gasteiger partial charge in [0.15, 0.2) is 0 Å². The molecule has 2 heteroatoms. The van der Waals surface area contributed by atoms with Gasteiger partial charge in [-0.3, -0.25) is 0 Å². The van der Waals surface area contributed by atoms with E-state index >= 15 is 0 Å². The molecule has 0 radical (unpaired) electrons. The first-order valence-electron chi connectivity index (χ1n) is 6.42. The average Bonchev–Trinajstić information content (AvgIpc) is 2.70. The highest BCUT2D eigenvalue weighted by Gasteiger charge is 2.28. The first-order chi connectivity index (χ1) is 8.06. The Morgan fingerprint density at radius 3 is 2.71 bits per heavy atom. The summed E-state index contributed by atoms with van der Waals surface area (Å²) in [6.07, 6.45) is 1.74. The molecule has 17 heavy (non-hydrogen) atoms. The van der Waals surface area contributed by atoms with Gasteiger partial charge in [0.2, 0.25) is 0 Å². The third kappa shape index (κ3) is 3.08. The van der Waals surface area contributed by atoms with E-state index in [1.165, 1.54) is 16.7 Å². The van der Waals surface area contributed by atoms with Crippen molar-refractivity contribution in [1.29, 1.82) is 0 Å². The van der Waals surface area contributed by atoms with Crippen LogP contribution in [0.25, 0.3) is 0 Å². The summed E-state index contributed by atoms with van der Waals surface area (Å²) in [6.45, 7) is 7.00. The maximum atomic E-state index is 10.2. The lowest BCUT2D eigenvalue weighted by Gasteiger charge is -2.17. The lowest BCUT2D eigenvalue weighted by atomic mass is 9.93. The maximum absolute atomic E-state index is 10.2. The molecule has 1 aromatic carbocycles. The minimum Gasteiger partial charge on any atom is -0.392 e. The van der Waals surface area contributed by atoms with Gasteiger partial charge in [0.1, 0.15) is 0 Å². The van der Waals surface area contributed by atoms with Crippen LogP contribution < -0.4 is 0 Å². The second-order valence-corrected chi connectivity index (χ2v) is 5.33. The molecule has 94 valence electrons. The lowest BCUT2D eigenvalue weighted by Crippen LogP contribution is -2.23. The fourth-order valence-corrected chi connectivity index (χ4v) is 2.46. The highest BCUT2D eigenvalue weighted by Crippen LogP contribution is 2.24. The van der Waals surface area contributed by atoms with E-state index in [1.807, 2.05) is 0 Å². The van der Waals surface area contributed by atoms with Crippen molar-refractivity contribution in [2.24, 2.45) is 5.92 Å². The van der Waals surface area contributed by atoms with Crippen molar-refractivity contribution in [3.8, 4) is 0 Å². The van der Waals surface area contributed by atoms with Gasteiger partial charge in [-0.2, -0.15) is 0 Å². The number of aliphatic hydroxyl groups excluding tert-OH is 1. The van der Waals surface area contributed by atoms with Gasteiger partial charge in [-0.05, 0) is 50.3 Å². The van der Waals surface area contributed by atoms with Crippen molar-refractivity contribution in [3.05, 3.63) is 34.9 Å². The zero-order chi connectivity index (χ0) is 12.4. The summed E-state index contributed by atoms with van der Waals surface area (Å²) in [6, 6.07) is 6.42. The summed E-state index contributed by atoms with van der Waals surface area (Å²) in [5.41, 5.74) is 3.83. The van der Waals surface area contributed by atoms with E-state index in [2.05, 4.69) is 39.0 Å². The molecule has 0 aromatic heterocycles. The first-order valence-corrected chi connectivity index (χ1v) is 6.42. The number of aliphatic hydroxyl groups is 1. The van der Waals surface area contributed by atoms with Crippen molar-refractivity contribution < 1.29 is 9.84 Å². The molecular formula is C15H22O2. The van der Waals surface area contributed by atoms with Crippen LogP contribution in [0.1, 0.15) is 30.0 Å². The smallest absolute Gasteiger partial charge is 0.0631 e. The molecular weight excluding hydrogens is 212 g/mol. The molecule has 1 aromatic rings. The molecule has 1 heterocycles. The topological polar surface area (TPSA) is 29.5 Å². The van der Waals surface area contributed by atoms with Crippen molar-refractivity contribution in [2.75, 3.05) is 6.61 Å². The van der Waals surface area contributed by atoms with Gasteiger partial charge < -0.3 is 9.84 Å². The van der Waals surface area contributed by atoms with E-state index in [0.29, 0.717) is 18.6 Å². The van der Waals surface area contributed by atoms with Gasteiger partial charge in [-0.15, -0.1) is 0 Å². The molecule has 1 fully saturated rings. The summed E-state index contributed by atoms with van der Waals surface area (Å²) in [5, 5.41) is 10.2. The van der Waals surface area contributed by atoms with E-state index in [0.717, 1.165) is 12.8 Å². The molecule has 3 atom stereocenters. The van der Waals surface area contributed by atoms with Crippen molar-refractivity contribution >= 4 is 0 Å². The van der Waals surface area contributed by atoms with Crippen LogP contribution in [0.3, 0.4) is 0 Å². The number of benzene rings is 1. The van der Waals surface area contributed by atoms with Crippen molar-refractivity contribution in [2.45, 2.75) is 45.8 Å². The number of aryl methyl sites for hydroxylation is 2. The van der Waals surface area contributed by atoms with Crippen LogP contribution >= 0.6 is 0 Å². The lowest BCUT2D eigenvalue weighted by molar-refractivity contribution is 0.0807. The second kappa shape index (κ2) is 5.19. The van der Waals surface area contributed by atoms with Crippen molar-refractivity contribution in [1.82, 2.24) is 0 Å². The molecule has 1 N–H and O–H groups in total. The van der Waals surface area contributed by atoms with Gasteiger partial charge in [0.05, 0.1) is 18.8 Å². The van der Waals surface area contributed by atoms with Crippen LogP contribution in [0.15, 0.2) is 18.2 Å². The molecule has 1 saturated heterocycles. The monoisotopic (exact) mass is 234 g/mol. The largest absolute Gasteiger partial charge is 0.392 e. The molecule has 0 aliphatic carbocycles. The quantitative estimate of drug-likeness (QED) is 0.871. The molecule has 2 nitrogen and oxygen atoms in total. The fourth-order valence-electron chi connectivity index (χ4n) is 2.46. The Bertz CT molecular complexity index is 387. The predicted molar refractivity (Wildman–Crippen MR) is 69.1 cm³/mol. The van der Waals surface area contributed by atoms with E-state index in [4.69, 9.17) is 4.74 Å². The summed E-state index contributed by atoms with van der Waals surface area (Å²) in [5.74, 6) is 0.298. The third-order valence-corrected chi connectivity index (χ3v) is 3.79. The standard InChI is InChI=1S/C15H22O2/c1-10-4-5-13(6-11(10)2)8-15(16)14-7-12(3)17-9-14/h4-6,12,14-16H,7-9H2,1-3H3. The summed E-state index contributed by atoms with van der Waals surface area (Å²) in [7, 11) is 0. The Kier molecular flexibility index (Phi) is 3.85. The zero-order valence-corrected chi connectivity index (χ0v) is 10.9. The highest BCUT2D eigenvalue weighted by molar-refractivity contribution is 5.30. The SMILES string of the molecule is Cc1ccc(CC(O)C2COC(C)C2)cc1C. The van der Waals surface area contributed by atoms with Crippen LogP contribution in [0.4, 0.5) is 0 Å². The molecule has 2 rings (SSSR count). The molecule has 1 aliphatic heterocycles. The number of ether oxygens (including phenoxy) is 1. The van der Waals surface area contributed by atoms with Crippen LogP contribution in [0.5, 0.6) is 0 Å². The van der Waals surface area contributed by atoms with E-state index in [-0.39, 0.29) is 6.10 Å². The molecule has 0 bridgehead atoms. The highest BCUT2D eigenvalue weighted by atomic mass is 16.5. The van der Waals surface area contributed by atoms with Gasteiger partial charge in [0, 0.05) is 5.92 Å². The fraction of sp³-hybridized carbons (Fsp3) is 0.600. The van der Waals surface area contributed by atoms with Crippen molar-refractivity contribution in [3.63, 3.8) is 0 Å². The molecule has 3 unspecified atom stereocenters. The predicted octanol–water partition coefficient (Wildman–Crippen LogP) is 2.63. The van der Waals surface area contributed by atoms with E-state index in [9.17, 15) is 5.11 Å². The van der Waals surface area contributed by atoms with Gasteiger partial charge in [-0.25, -0.2) is 0 Å². The summed E-state index contributed by atoms with van der Waals surface area (Å²) >= 11 is 0. The number of hydrogen-bond acceptors (Lipinski definition) is 2. The van der Waals surface area contributed by atoms with Gasteiger partial charge in [-0.1, -0.05) is 18.2 Å². The van der Waals surface area contributed by atoms with Crippen LogP contribution in [0.2, 0.25) is 0 Å². The van der Waals surface area contributed by atoms with Gasteiger partial charge in [0.25, 0.3) is 0 Å². The number of hydrogen-bond donors (Lipinski definition) is 1. The van der Waals surface area contributed by atoms with Crippen LogP contribution in [0, 0.1) is 19.8 Å². The Morgan fingerprint density at radius 1 is 1.35 bits per heavy atom. The second-order valence-electron chi connectivity index (χ2n) is 5.33. The van der Waals surface area contributed by atoms with Crippen LogP contribution in [-0.2, 0) is 11.2 Å². The zero-order valence-electron chi connectivity index (χ0n) is 10.9. The normalized spacial score (nSPS) is 26.1. The first kappa shape index (κ1) is 12.6. The Hall–Kier alpha value is -0.860. The van der Waals surface area contributed by atoms with Gasteiger partial charge >= 0.3 is 0 Å². The Morgan fingerprint density at radius 2 is 2.12 bits per heavy atom. The molecule has 1 aliphatic rings. The third-order valence-electron chi connectivity index (χ3n) is 3.79. The Balaban J connectivity index is 1.98. The van der Waals surface area contributed by atoms with E-state index in [1.54, 1.807) is 0 Å². The van der Waals surface area contributed by atoms with E-state index < -0.39 is 0 Å².